The molecule has 7 nitrogen and oxygen atoms in total. The lowest BCUT2D eigenvalue weighted by atomic mass is 9.80. The van der Waals surface area contributed by atoms with Gasteiger partial charge >= 0.3 is 0 Å². The van der Waals surface area contributed by atoms with Gasteiger partial charge in [-0.1, -0.05) is 26.2 Å². The van der Waals surface area contributed by atoms with E-state index in [1.54, 1.807) is 0 Å². The van der Waals surface area contributed by atoms with Crippen molar-refractivity contribution in [3.63, 3.8) is 0 Å². The van der Waals surface area contributed by atoms with Crippen LogP contribution in [0.2, 0.25) is 0 Å². The molecule has 1 saturated heterocycles. The molecular weight excluding hydrogens is 378 g/mol. The number of anilines is 1. The molecule has 0 radical (unpaired) electrons. The molecule has 0 bridgehead atoms. The molecule has 3 rings (SSSR count). The first-order valence-electron chi connectivity index (χ1n) is 11.1. The molecule has 30 heavy (non-hydrogen) atoms. The summed E-state index contributed by atoms with van der Waals surface area (Å²) in [5.74, 6) is -0.574. The van der Waals surface area contributed by atoms with Gasteiger partial charge in [0.2, 0.25) is 0 Å². The van der Waals surface area contributed by atoms with Crippen LogP contribution in [0.5, 0.6) is 0 Å². The second kappa shape index (κ2) is 9.94. The summed E-state index contributed by atoms with van der Waals surface area (Å²) in [6.07, 6.45) is 6.98. The van der Waals surface area contributed by atoms with Gasteiger partial charge in [-0.3, -0.25) is 19.4 Å². The highest BCUT2D eigenvalue weighted by molar-refractivity contribution is 5.99. The molecule has 0 unspecified atom stereocenters. The fourth-order valence-electron chi connectivity index (χ4n) is 4.57. The van der Waals surface area contributed by atoms with Crippen molar-refractivity contribution in [2.75, 3.05) is 44.7 Å². The molecule has 1 aliphatic heterocycles. The van der Waals surface area contributed by atoms with Gasteiger partial charge < -0.3 is 10.2 Å². The number of nitrogens with zero attached hydrogens (tertiary/aromatic N) is 4. The molecule has 1 N–H and O–H groups in total. The molecule has 1 aromatic rings. The maximum atomic E-state index is 13.0. The summed E-state index contributed by atoms with van der Waals surface area (Å²) in [7, 11) is 1.46. The Morgan fingerprint density at radius 1 is 1.10 bits per heavy atom. The normalized spacial score (nSPS) is 19.0. The number of amides is 2. The summed E-state index contributed by atoms with van der Waals surface area (Å²) in [5.41, 5.74) is 0.685. The number of benzene rings is 1. The Balaban J connectivity index is 1.66. The molecule has 1 saturated carbocycles. The molecule has 1 aliphatic carbocycles. The van der Waals surface area contributed by atoms with Crippen LogP contribution < -0.4 is 10.2 Å². The van der Waals surface area contributed by atoms with Crippen LogP contribution in [0.25, 0.3) is 0 Å². The van der Waals surface area contributed by atoms with E-state index in [1.807, 2.05) is 30.5 Å². The maximum Gasteiger partial charge on any atom is 0.261 e. The second-order valence-corrected chi connectivity index (χ2v) is 8.44. The van der Waals surface area contributed by atoms with Crippen molar-refractivity contribution in [3.05, 3.63) is 29.8 Å². The van der Waals surface area contributed by atoms with Crippen molar-refractivity contribution in [1.82, 2.24) is 15.1 Å². The zero-order valence-electron chi connectivity index (χ0n) is 18.2. The van der Waals surface area contributed by atoms with Crippen LogP contribution in [0.4, 0.5) is 5.69 Å². The Morgan fingerprint density at radius 3 is 2.30 bits per heavy atom. The fraction of sp³-hybridized carbons (Fsp3) is 0.609. The smallest absolute Gasteiger partial charge is 0.261 e. The van der Waals surface area contributed by atoms with Crippen LogP contribution in [-0.4, -0.2) is 66.9 Å². The van der Waals surface area contributed by atoms with Crippen molar-refractivity contribution in [2.45, 2.75) is 51.0 Å². The van der Waals surface area contributed by atoms with Gasteiger partial charge in [-0.25, -0.2) is 0 Å². The Morgan fingerprint density at radius 2 is 1.73 bits per heavy atom. The van der Waals surface area contributed by atoms with Crippen LogP contribution in [-0.2, 0) is 4.79 Å². The molecule has 0 atom stereocenters. The van der Waals surface area contributed by atoms with E-state index in [2.05, 4.69) is 22.0 Å². The molecule has 2 fully saturated rings. The zero-order chi connectivity index (χ0) is 21.6. The van der Waals surface area contributed by atoms with Crippen LogP contribution in [0.1, 0.15) is 55.8 Å². The van der Waals surface area contributed by atoms with E-state index >= 15 is 0 Å². The zero-order valence-corrected chi connectivity index (χ0v) is 18.2. The lowest BCUT2D eigenvalue weighted by Crippen LogP contribution is -2.59. The van der Waals surface area contributed by atoms with E-state index in [1.165, 1.54) is 13.5 Å². The maximum absolute atomic E-state index is 13.0. The molecule has 162 valence electrons. The lowest BCUT2D eigenvalue weighted by molar-refractivity contribution is -0.135. The van der Waals surface area contributed by atoms with Gasteiger partial charge in [0.05, 0.1) is 0 Å². The summed E-state index contributed by atoms with van der Waals surface area (Å²) >= 11 is 0. The monoisotopic (exact) mass is 411 g/mol. The van der Waals surface area contributed by atoms with E-state index in [-0.39, 0.29) is 11.8 Å². The van der Waals surface area contributed by atoms with Crippen LogP contribution in [0, 0.1) is 11.5 Å². The summed E-state index contributed by atoms with van der Waals surface area (Å²) in [6.45, 7) is 7.46. The van der Waals surface area contributed by atoms with Crippen LogP contribution >= 0.6 is 0 Å². The second-order valence-electron chi connectivity index (χ2n) is 8.44. The average molecular weight is 412 g/mol. The number of carbonyl (C=O) groups excluding carboxylic acids is 2. The summed E-state index contributed by atoms with van der Waals surface area (Å²) < 4.78 is 0. The quantitative estimate of drug-likeness (QED) is 0.575. The summed E-state index contributed by atoms with van der Waals surface area (Å²) in [5, 5.41) is 12.1. The SMILES string of the molecule is CCCN1CCN(c2ccc(C(=O)NC3(C(=O)N(C)C#N)CCCCC3)cc2)CC1. The van der Waals surface area contributed by atoms with Gasteiger partial charge in [-0.05, 0) is 50.1 Å². The largest absolute Gasteiger partial charge is 0.369 e. The highest BCUT2D eigenvalue weighted by atomic mass is 16.2. The Bertz CT molecular complexity index is 772. The van der Waals surface area contributed by atoms with E-state index in [0.29, 0.717) is 18.4 Å². The third-order valence-corrected chi connectivity index (χ3v) is 6.33. The topological polar surface area (TPSA) is 79.7 Å². The number of carbonyl (C=O) groups is 2. The minimum Gasteiger partial charge on any atom is -0.369 e. The van der Waals surface area contributed by atoms with Crippen LogP contribution in [0.15, 0.2) is 24.3 Å². The number of nitrogens with one attached hydrogen (secondary N) is 1. The number of piperazine rings is 1. The van der Waals surface area contributed by atoms with Gasteiger partial charge in [-0.15, -0.1) is 0 Å². The summed E-state index contributed by atoms with van der Waals surface area (Å²) in [6, 6.07) is 7.64. The summed E-state index contributed by atoms with van der Waals surface area (Å²) in [4.78, 5) is 31.6. The molecule has 0 spiro atoms. The van der Waals surface area contributed by atoms with E-state index < -0.39 is 5.54 Å². The highest BCUT2D eigenvalue weighted by Crippen LogP contribution is 2.30. The number of hydrogen-bond acceptors (Lipinski definition) is 5. The van der Waals surface area contributed by atoms with Gasteiger partial charge in [0.1, 0.15) is 5.54 Å². The Kier molecular flexibility index (Phi) is 7.33. The number of hydrogen-bond donors (Lipinski definition) is 1. The van der Waals surface area contributed by atoms with E-state index in [4.69, 9.17) is 5.26 Å². The average Bonchev–Trinajstić information content (AvgIpc) is 2.79. The highest BCUT2D eigenvalue weighted by Gasteiger charge is 2.42. The minimum atomic E-state index is -0.978. The third-order valence-electron chi connectivity index (χ3n) is 6.33. The van der Waals surface area contributed by atoms with E-state index in [0.717, 1.165) is 62.6 Å². The number of rotatable bonds is 6. The van der Waals surface area contributed by atoms with Crippen molar-refractivity contribution < 1.29 is 9.59 Å². The number of likely N-dealkylation sites (N-methyl/N-ethyl adjacent to an activating group) is 1. The van der Waals surface area contributed by atoms with Crippen LogP contribution in [0.3, 0.4) is 0 Å². The molecule has 7 heteroatoms. The fourth-order valence-corrected chi connectivity index (χ4v) is 4.57. The first kappa shape index (κ1) is 22.1. The van der Waals surface area contributed by atoms with Crippen molar-refractivity contribution >= 4 is 17.5 Å². The van der Waals surface area contributed by atoms with Crippen molar-refractivity contribution in [2.24, 2.45) is 0 Å². The first-order chi connectivity index (χ1) is 14.5. The predicted octanol–water partition coefficient (Wildman–Crippen LogP) is 2.59. The molecular formula is C23H33N5O2. The first-order valence-corrected chi connectivity index (χ1v) is 11.1. The standard InChI is InChI=1S/C23H33N5O2/c1-3-13-27-14-16-28(17-15-27)20-9-7-19(8-10-20)21(29)25-23(11-5-4-6-12-23)22(30)26(2)18-24/h7-10H,3-6,11-17H2,1-2H3,(H,25,29). The molecule has 2 amide bonds. The van der Waals surface area contributed by atoms with Gasteiger partial charge in [0.15, 0.2) is 6.19 Å². The minimum absolute atomic E-state index is 0.254. The molecule has 1 heterocycles. The molecule has 0 aromatic heterocycles. The Hall–Kier alpha value is -2.59. The third kappa shape index (κ3) is 4.93. The number of nitriles is 1. The lowest BCUT2D eigenvalue weighted by Gasteiger charge is -2.37. The Labute approximate surface area is 179 Å². The van der Waals surface area contributed by atoms with Gasteiger partial charge in [0, 0.05) is 44.5 Å². The van der Waals surface area contributed by atoms with Gasteiger partial charge in [0.25, 0.3) is 11.8 Å². The molecule has 1 aromatic carbocycles. The van der Waals surface area contributed by atoms with E-state index in [9.17, 15) is 9.59 Å². The predicted molar refractivity (Wildman–Crippen MR) is 117 cm³/mol. The molecule has 2 aliphatic rings. The van der Waals surface area contributed by atoms with Crippen molar-refractivity contribution in [3.8, 4) is 6.19 Å². The van der Waals surface area contributed by atoms with Crippen molar-refractivity contribution in [1.29, 1.82) is 5.26 Å². The van der Waals surface area contributed by atoms with Gasteiger partial charge in [-0.2, -0.15) is 5.26 Å².